The number of methoxy groups -OCH3 is 1. The van der Waals surface area contributed by atoms with Crippen molar-refractivity contribution < 1.29 is 9.13 Å². The van der Waals surface area contributed by atoms with Crippen molar-refractivity contribution in [2.24, 2.45) is 5.41 Å². The van der Waals surface area contributed by atoms with Crippen molar-refractivity contribution in [3.05, 3.63) is 35.6 Å². The molecule has 1 aromatic carbocycles. The van der Waals surface area contributed by atoms with Crippen molar-refractivity contribution in [1.29, 1.82) is 0 Å². The summed E-state index contributed by atoms with van der Waals surface area (Å²) in [6, 6.07) is 7.21. The van der Waals surface area contributed by atoms with E-state index in [-0.39, 0.29) is 11.2 Å². The Bertz CT molecular complexity index is 402. The first-order valence-corrected chi connectivity index (χ1v) is 7.69. The number of ether oxygens (including phenoxy) is 1. The average Bonchev–Trinajstić information content (AvgIpc) is 2.47. The molecule has 3 heteroatoms. The van der Waals surface area contributed by atoms with Crippen LogP contribution in [0.5, 0.6) is 0 Å². The fourth-order valence-corrected chi connectivity index (χ4v) is 3.29. The Kier molecular flexibility index (Phi) is 5.99. The third kappa shape index (κ3) is 4.29. The Morgan fingerprint density at radius 2 is 1.95 bits per heavy atom. The van der Waals surface area contributed by atoms with Crippen LogP contribution in [0.3, 0.4) is 0 Å². The van der Waals surface area contributed by atoms with Gasteiger partial charge in [-0.25, -0.2) is 4.39 Å². The minimum atomic E-state index is -0.0608. The topological polar surface area (TPSA) is 21.3 Å². The number of nitrogens with one attached hydrogen (secondary N) is 1. The van der Waals surface area contributed by atoms with Crippen molar-refractivity contribution in [3.8, 4) is 0 Å². The van der Waals surface area contributed by atoms with Gasteiger partial charge in [0.25, 0.3) is 0 Å². The van der Waals surface area contributed by atoms with Crippen LogP contribution in [0.4, 0.5) is 4.39 Å². The lowest BCUT2D eigenvalue weighted by molar-refractivity contribution is 0.161. The van der Waals surface area contributed by atoms with Crippen molar-refractivity contribution in [3.63, 3.8) is 0 Å². The first-order chi connectivity index (χ1) is 9.76. The number of benzene rings is 1. The maximum absolute atomic E-state index is 13.9. The summed E-state index contributed by atoms with van der Waals surface area (Å²) in [4.78, 5) is 0. The predicted molar refractivity (Wildman–Crippen MR) is 80.4 cm³/mol. The summed E-state index contributed by atoms with van der Waals surface area (Å²) >= 11 is 0. The van der Waals surface area contributed by atoms with Gasteiger partial charge in [-0.1, -0.05) is 37.5 Å². The number of hydrogen-bond acceptors (Lipinski definition) is 2. The molecule has 0 spiro atoms. The number of halogens is 1. The van der Waals surface area contributed by atoms with E-state index >= 15 is 0 Å². The molecule has 0 radical (unpaired) electrons. The molecule has 20 heavy (non-hydrogen) atoms. The molecule has 2 nitrogen and oxygen atoms in total. The normalized spacial score (nSPS) is 18.1. The Morgan fingerprint density at radius 1 is 1.20 bits per heavy atom. The second-order valence-corrected chi connectivity index (χ2v) is 6.00. The summed E-state index contributed by atoms with van der Waals surface area (Å²) in [6.45, 7) is 2.57. The summed E-state index contributed by atoms with van der Waals surface area (Å²) in [5.41, 5.74) is 1.08. The van der Waals surface area contributed by atoms with E-state index in [0.29, 0.717) is 0 Å². The zero-order valence-electron chi connectivity index (χ0n) is 12.5. The highest BCUT2D eigenvalue weighted by atomic mass is 19.1. The first kappa shape index (κ1) is 15.5. The molecule has 1 aliphatic carbocycles. The van der Waals surface area contributed by atoms with Crippen LogP contribution in [-0.2, 0) is 11.2 Å². The van der Waals surface area contributed by atoms with Crippen LogP contribution >= 0.6 is 0 Å². The van der Waals surface area contributed by atoms with Crippen molar-refractivity contribution in [2.45, 2.75) is 38.5 Å². The summed E-state index contributed by atoms with van der Waals surface area (Å²) < 4.78 is 19.0. The molecule has 1 aliphatic rings. The Labute approximate surface area is 121 Å². The summed E-state index contributed by atoms with van der Waals surface area (Å²) in [5.74, 6) is -0.0608. The zero-order valence-corrected chi connectivity index (χ0v) is 12.5. The van der Waals surface area contributed by atoms with Gasteiger partial charge in [-0.15, -0.1) is 0 Å². The van der Waals surface area contributed by atoms with Gasteiger partial charge in [0.15, 0.2) is 0 Å². The van der Waals surface area contributed by atoms with E-state index in [4.69, 9.17) is 4.74 Å². The molecule has 1 aromatic rings. The van der Waals surface area contributed by atoms with E-state index in [1.165, 1.54) is 32.1 Å². The quantitative estimate of drug-likeness (QED) is 0.771. The molecule has 0 aromatic heterocycles. The monoisotopic (exact) mass is 279 g/mol. The van der Waals surface area contributed by atoms with Crippen LogP contribution in [0.15, 0.2) is 24.3 Å². The molecule has 0 amide bonds. The van der Waals surface area contributed by atoms with Gasteiger partial charge < -0.3 is 10.1 Å². The lowest BCUT2D eigenvalue weighted by Crippen LogP contribution is -2.39. The van der Waals surface area contributed by atoms with Crippen LogP contribution in [-0.4, -0.2) is 26.8 Å². The maximum atomic E-state index is 13.9. The molecule has 0 bridgehead atoms. The second-order valence-electron chi connectivity index (χ2n) is 6.00. The third-order valence-corrected chi connectivity index (χ3v) is 4.42. The van der Waals surface area contributed by atoms with Gasteiger partial charge >= 0.3 is 0 Å². The average molecular weight is 279 g/mol. The summed E-state index contributed by atoms with van der Waals surface area (Å²) in [5, 5.41) is 3.49. The SMILES string of the molecule is COCCNCC1(Cc2ccccc2F)CCCCC1. The van der Waals surface area contributed by atoms with Crippen molar-refractivity contribution in [1.82, 2.24) is 5.32 Å². The Morgan fingerprint density at radius 3 is 2.65 bits per heavy atom. The second kappa shape index (κ2) is 7.75. The van der Waals surface area contributed by atoms with E-state index in [1.54, 1.807) is 19.2 Å². The highest BCUT2D eigenvalue weighted by molar-refractivity contribution is 5.19. The van der Waals surface area contributed by atoms with Crippen LogP contribution in [0.25, 0.3) is 0 Å². The molecule has 1 N–H and O–H groups in total. The van der Waals surface area contributed by atoms with Gasteiger partial charge in [-0.2, -0.15) is 0 Å². The fourth-order valence-electron chi connectivity index (χ4n) is 3.29. The number of hydrogen-bond donors (Lipinski definition) is 1. The molecular weight excluding hydrogens is 253 g/mol. The minimum Gasteiger partial charge on any atom is -0.383 e. The van der Waals surface area contributed by atoms with Crippen molar-refractivity contribution in [2.75, 3.05) is 26.8 Å². The molecular formula is C17H26FNO. The van der Waals surface area contributed by atoms with E-state index in [9.17, 15) is 4.39 Å². The molecule has 0 saturated heterocycles. The highest BCUT2D eigenvalue weighted by Gasteiger charge is 2.32. The van der Waals surface area contributed by atoms with Gasteiger partial charge in [-0.05, 0) is 36.3 Å². The standard InChI is InChI=1S/C17H26FNO/c1-20-12-11-19-14-17(9-5-2-6-10-17)13-15-7-3-4-8-16(15)18/h3-4,7-8,19H,2,5-6,9-14H2,1H3. The predicted octanol–water partition coefficient (Wildman–Crippen LogP) is 3.55. The van der Waals surface area contributed by atoms with Crippen LogP contribution < -0.4 is 5.32 Å². The largest absolute Gasteiger partial charge is 0.383 e. The van der Waals surface area contributed by atoms with Crippen LogP contribution in [0.1, 0.15) is 37.7 Å². The molecule has 1 fully saturated rings. The van der Waals surface area contributed by atoms with E-state index in [1.807, 2.05) is 12.1 Å². The van der Waals surface area contributed by atoms with Gasteiger partial charge in [0, 0.05) is 20.2 Å². The number of rotatable bonds is 7. The van der Waals surface area contributed by atoms with Crippen molar-refractivity contribution >= 4 is 0 Å². The smallest absolute Gasteiger partial charge is 0.126 e. The van der Waals surface area contributed by atoms with Gasteiger partial charge in [0.05, 0.1) is 6.61 Å². The molecule has 1 saturated carbocycles. The van der Waals surface area contributed by atoms with Crippen LogP contribution in [0.2, 0.25) is 0 Å². The molecule has 0 heterocycles. The van der Waals surface area contributed by atoms with Gasteiger partial charge in [0.1, 0.15) is 5.82 Å². The van der Waals surface area contributed by atoms with E-state index in [0.717, 1.165) is 31.7 Å². The first-order valence-electron chi connectivity index (χ1n) is 7.69. The summed E-state index contributed by atoms with van der Waals surface area (Å²) in [6.07, 6.45) is 7.08. The molecule has 0 atom stereocenters. The van der Waals surface area contributed by atoms with E-state index < -0.39 is 0 Å². The Hall–Kier alpha value is -0.930. The maximum Gasteiger partial charge on any atom is 0.126 e. The zero-order chi connectivity index (χ0) is 14.3. The molecule has 112 valence electrons. The summed E-state index contributed by atoms with van der Waals surface area (Å²) in [7, 11) is 1.72. The molecule has 0 aliphatic heterocycles. The minimum absolute atomic E-state index is 0.0608. The molecule has 0 unspecified atom stereocenters. The van der Waals surface area contributed by atoms with Gasteiger partial charge in [-0.3, -0.25) is 0 Å². The van der Waals surface area contributed by atoms with Gasteiger partial charge in [0.2, 0.25) is 0 Å². The molecule has 2 rings (SSSR count). The highest BCUT2D eigenvalue weighted by Crippen LogP contribution is 2.39. The van der Waals surface area contributed by atoms with E-state index in [2.05, 4.69) is 5.32 Å². The Balaban J connectivity index is 2.01. The fraction of sp³-hybridized carbons (Fsp3) is 0.647. The third-order valence-electron chi connectivity index (χ3n) is 4.42. The van der Waals surface area contributed by atoms with Crippen LogP contribution in [0, 0.1) is 11.2 Å². The lowest BCUT2D eigenvalue weighted by atomic mass is 9.70. The lowest BCUT2D eigenvalue weighted by Gasteiger charge is -2.38.